The number of hydrogen-bond donors (Lipinski definition) is 1. The van der Waals surface area contributed by atoms with Gasteiger partial charge in [-0.25, -0.2) is 4.98 Å². The molecule has 0 spiro atoms. The van der Waals surface area contributed by atoms with Crippen molar-refractivity contribution in [3.63, 3.8) is 0 Å². The van der Waals surface area contributed by atoms with E-state index in [1.807, 2.05) is 6.92 Å². The van der Waals surface area contributed by atoms with Crippen molar-refractivity contribution in [3.05, 3.63) is 52.9 Å². The van der Waals surface area contributed by atoms with Crippen molar-refractivity contribution in [2.75, 3.05) is 11.9 Å². The molecule has 4 nitrogen and oxygen atoms in total. The van der Waals surface area contributed by atoms with E-state index in [1.54, 1.807) is 23.6 Å². The number of nitrogens with zero attached hydrogens (tertiary/aromatic N) is 1. The molecule has 0 saturated carbocycles. The minimum atomic E-state index is -4.45. The van der Waals surface area contributed by atoms with E-state index in [0.717, 1.165) is 28.5 Å². The minimum absolute atomic E-state index is 0.0408. The van der Waals surface area contributed by atoms with E-state index in [4.69, 9.17) is 4.74 Å². The molecule has 1 amide bonds. The van der Waals surface area contributed by atoms with Gasteiger partial charge in [-0.1, -0.05) is 18.2 Å². The number of thiazole rings is 1. The first-order chi connectivity index (χ1) is 12.8. The fourth-order valence-corrected chi connectivity index (χ4v) is 3.86. The van der Waals surface area contributed by atoms with Gasteiger partial charge < -0.3 is 10.1 Å². The molecule has 0 atom stereocenters. The summed E-state index contributed by atoms with van der Waals surface area (Å²) in [5, 5.41) is 4.77. The summed E-state index contributed by atoms with van der Waals surface area (Å²) in [6.45, 7) is 1.77. The van der Waals surface area contributed by atoms with Gasteiger partial charge >= 0.3 is 6.18 Å². The Morgan fingerprint density at radius 1 is 1.15 bits per heavy atom. The van der Waals surface area contributed by atoms with E-state index < -0.39 is 11.7 Å². The zero-order valence-electron chi connectivity index (χ0n) is 14.1. The van der Waals surface area contributed by atoms with Crippen LogP contribution in [0.4, 0.5) is 18.9 Å². The highest BCUT2D eigenvalue weighted by Gasteiger charge is 2.34. The molecule has 8 heteroatoms. The monoisotopic (exact) mass is 390 g/mol. The van der Waals surface area contributed by atoms with Crippen LogP contribution in [-0.2, 0) is 11.0 Å². The Morgan fingerprint density at radius 3 is 2.70 bits per heavy atom. The summed E-state index contributed by atoms with van der Waals surface area (Å²) < 4.78 is 45.2. The van der Waals surface area contributed by atoms with E-state index in [2.05, 4.69) is 10.3 Å². The molecular weight excluding hydrogens is 377 g/mol. The average Bonchev–Trinajstić information content (AvgIpc) is 3.11. The largest absolute Gasteiger partial charge is 0.482 e. The third kappa shape index (κ3) is 3.16. The lowest BCUT2D eigenvalue weighted by Gasteiger charge is -2.21. The Labute approximate surface area is 156 Å². The third-order valence-corrected chi connectivity index (χ3v) is 5.17. The molecule has 1 aliphatic rings. The SMILES string of the molecule is Cc1c(-c2csc(-c3ccccc3C(F)(F)F)n2)ccc2c1NC(=O)CO2. The van der Waals surface area contributed by atoms with Gasteiger partial charge in [0.15, 0.2) is 6.61 Å². The maximum absolute atomic E-state index is 13.3. The second-order valence-electron chi connectivity index (χ2n) is 6.03. The predicted molar refractivity (Wildman–Crippen MR) is 96.8 cm³/mol. The predicted octanol–water partition coefficient (Wildman–Crippen LogP) is 5.14. The molecule has 4 rings (SSSR count). The van der Waals surface area contributed by atoms with E-state index in [0.29, 0.717) is 17.1 Å². The quantitative estimate of drug-likeness (QED) is 0.660. The maximum atomic E-state index is 13.3. The third-order valence-electron chi connectivity index (χ3n) is 4.29. The van der Waals surface area contributed by atoms with Crippen molar-refractivity contribution >= 4 is 22.9 Å². The summed E-state index contributed by atoms with van der Waals surface area (Å²) in [6.07, 6.45) is -4.45. The lowest BCUT2D eigenvalue weighted by atomic mass is 10.0. The van der Waals surface area contributed by atoms with Crippen LogP contribution in [0.1, 0.15) is 11.1 Å². The molecule has 1 aliphatic heterocycles. The molecule has 0 bridgehead atoms. The molecular formula is C19H13F3N2O2S. The van der Waals surface area contributed by atoms with E-state index in [9.17, 15) is 18.0 Å². The standard InChI is InChI=1S/C19H13F3N2O2S/c1-10-11(6-7-15-17(10)24-16(25)8-26-15)14-9-27-18(23-14)12-4-2-3-5-13(12)19(20,21)22/h2-7,9H,8H2,1H3,(H,24,25). The van der Waals surface area contributed by atoms with Gasteiger partial charge in [-0.15, -0.1) is 11.3 Å². The highest BCUT2D eigenvalue weighted by Crippen LogP contribution is 2.41. The Morgan fingerprint density at radius 2 is 1.93 bits per heavy atom. The van der Waals surface area contributed by atoms with Crippen LogP contribution >= 0.6 is 11.3 Å². The van der Waals surface area contributed by atoms with Gasteiger partial charge in [0.05, 0.1) is 16.9 Å². The number of fused-ring (bicyclic) bond motifs is 1. The van der Waals surface area contributed by atoms with Gasteiger partial charge in [0.1, 0.15) is 10.8 Å². The zero-order chi connectivity index (χ0) is 19.2. The van der Waals surface area contributed by atoms with Crippen LogP contribution in [-0.4, -0.2) is 17.5 Å². The number of carbonyl (C=O) groups excluding carboxylic acids is 1. The molecule has 0 radical (unpaired) electrons. The fourth-order valence-electron chi connectivity index (χ4n) is 3.00. The first-order valence-corrected chi connectivity index (χ1v) is 8.91. The number of hydrogen-bond acceptors (Lipinski definition) is 4. The summed E-state index contributed by atoms with van der Waals surface area (Å²) in [4.78, 5) is 16.0. The molecule has 138 valence electrons. The molecule has 1 aromatic heterocycles. The first-order valence-electron chi connectivity index (χ1n) is 8.03. The highest BCUT2D eigenvalue weighted by molar-refractivity contribution is 7.13. The lowest BCUT2D eigenvalue weighted by Crippen LogP contribution is -2.26. The van der Waals surface area contributed by atoms with Gasteiger partial charge in [0.25, 0.3) is 5.91 Å². The highest BCUT2D eigenvalue weighted by atomic mass is 32.1. The molecule has 2 heterocycles. The number of ether oxygens (including phenoxy) is 1. The number of alkyl halides is 3. The molecule has 2 aromatic carbocycles. The Bertz CT molecular complexity index is 1040. The smallest absolute Gasteiger partial charge is 0.417 e. The van der Waals surface area contributed by atoms with Crippen molar-refractivity contribution in [2.45, 2.75) is 13.1 Å². The van der Waals surface area contributed by atoms with Crippen molar-refractivity contribution in [1.29, 1.82) is 0 Å². The molecule has 0 unspecified atom stereocenters. The molecule has 3 aromatic rings. The van der Waals surface area contributed by atoms with Gasteiger partial charge in [-0.3, -0.25) is 4.79 Å². The molecule has 1 N–H and O–H groups in total. The topological polar surface area (TPSA) is 51.2 Å². The Hall–Kier alpha value is -2.87. The second kappa shape index (κ2) is 6.38. The van der Waals surface area contributed by atoms with E-state index in [-0.39, 0.29) is 23.1 Å². The first kappa shape index (κ1) is 17.5. The summed E-state index contributed by atoms with van der Waals surface area (Å²) >= 11 is 1.14. The number of rotatable bonds is 2. The number of amides is 1. The number of carbonyl (C=O) groups is 1. The number of aromatic nitrogens is 1. The Kier molecular flexibility index (Phi) is 4.15. The van der Waals surface area contributed by atoms with Crippen molar-refractivity contribution in [3.8, 4) is 27.6 Å². The molecule has 27 heavy (non-hydrogen) atoms. The molecule has 0 saturated heterocycles. The summed E-state index contributed by atoms with van der Waals surface area (Å²) in [5.41, 5.74) is 1.93. The number of halogens is 3. The van der Waals surface area contributed by atoms with Crippen LogP contribution in [0.2, 0.25) is 0 Å². The van der Waals surface area contributed by atoms with Crippen LogP contribution in [0.5, 0.6) is 5.75 Å². The summed E-state index contributed by atoms with van der Waals surface area (Å²) in [5.74, 6) is 0.314. The lowest BCUT2D eigenvalue weighted by molar-refractivity contribution is -0.137. The van der Waals surface area contributed by atoms with Crippen LogP contribution in [0.25, 0.3) is 21.8 Å². The summed E-state index contributed by atoms with van der Waals surface area (Å²) in [7, 11) is 0. The van der Waals surface area contributed by atoms with Crippen molar-refractivity contribution in [2.24, 2.45) is 0 Å². The number of anilines is 1. The average molecular weight is 390 g/mol. The van der Waals surface area contributed by atoms with Gasteiger partial charge in [0, 0.05) is 16.5 Å². The van der Waals surface area contributed by atoms with Crippen LogP contribution in [0.15, 0.2) is 41.8 Å². The van der Waals surface area contributed by atoms with Crippen LogP contribution < -0.4 is 10.1 Å². The zero-order valence-corrected chi connectivity index (χ0v) is 14.9. The second-order valence-corrected chi connectivity index (χ2v) is 6.89. The van der Waals surface area contributed by atoms with Crippen LogP contribution in [0.3, 0.4) is 0 Å². The van der Waals surface area contributed by atoms with Crippen molar-refractivity contribution in [1.82, 2.24) is 4.98 Å². The number of nitrogens with one attached hydrogen (secondary N) is 1. The molecule has 0 aliphatic carbocycles. The normalized spacial score (nSPS) is 13.7. The van der Waals surface area contributed by atoms with Crippen molar-refractivity contribution < 1.29 is 22.7 Å². The maximum Gasteiger partial charge on any atom is 0.417 e. The van der Waals surface area contributed by atoms with Gasteiger partial charge in [-0.2, -0.15) is 13.2 Å². The van der Waals surface area contributed by atoms with Crippen LogP contribution in [0, 0.1) is 6.92 Å². The number of benzene rings is 2. The minimum Gasteiger partial charge on any atom is -0.482 e. The summed E-state index contributed by atoms with van der Waals surface area (Å²) in [6, 6.07) is 8.90. The van der Waals surface area contributed by atoms with Gasteiger partial charge in [0.2, 0.25) is 0 Å². The van der Waals surface area contributed by atoms with E-state index >= 15 is 0 Å². The fraction of sp³-hybridized carbons (Fsp3) is 0.158. The van der Waals surface area contributed by atoms with Gasteiger partial charge in [-0.05, 0) is 30.7 Å². The van der Waals surface area contributed by atoms with E-state index in [1.165, 1.54) is 12.1 Å². The molecule has 0 fully saturated rings. The Balaban J connectivity index is 1.77.